The zero-order valence-electron chi connectivity index (χ0n) is 13.5. The third kappa shape index (κ3) is 4.04. The maximum Gasteiger partial charge on any atom is 0.336 e. The molecule has 9 heteroatoms. The van der Waals surface area contributed by atoms with Crippen LogP contribution < -0.4 is 0 Å². The monoisotopic (exact) mass is 367 g/mol. The van der Waals surface area contributed by atoms with Crippen molar-refractivity contribution >= 4 is 15.7 Å². The number of amides is 1. The smallest absolute Gasteiger partial charge is 0.336 e. The van der Waals surface area contributed by atoms with Crippen LogP contribution in [0, 0.1) is 5.82 Å². The fourth-order valence-corrected chi connectivity index (χ4v) is 3.72. The van der Waals surface area contributed by atoms with Crippen molar-refractivity contribution in [2.75, 3.05) is 18.8 Å². The van der Waals surface area contributed by atoms with Gasteiger partial charge in [-0.1, -0.05) is 30.1 Å². The van der Waals surface area contributed by atoms with Gasteiger partial charge in [-0.25, -0.2) is 12.8 Å². The van der Waals surface area contributed by atoms with Gasteiger partial charge in [0.15, 0.2) is 0 Å². The summed E-state index contributed by atoms with van der Waals surface area (Å²) in [5, 5.41) is 6.40. The number of nitrogens with zero attached hydrogens (tertiary/aromatic N) is 3. The van der Waals surface area contributed by atoms with Crippen LogP contribution >= 0.6 is 0 Å². The predicted molar refractivity (Wildman–Crippen MR) is 86.8 cm³/mol. The molecule has 1 aromatic carbocycles. The molecule has 7 nitrogen and oxygen atoms in total. The van der Waals surface area contributed by atoms with E-state index in [2.05, 4.69) is 10.2 Å². The van der Waals surface area contributed by atoms with Gasteiger partial charge in [0.1, 0.15) is 11.6 Å². The average molecular weight is 367 g/mol. The Hall–Kier alpha value is -2.29. The number of halogens is 1. The van der Waals surface area contributed by atoms with E-state index in [0.717, 1.165) is 25.7 Å². The van der Waals surface area contributed by atoms with Gasteiger partial charge in [0.25, 0.3) is 5.89 Å². The Morgan fingerprint density at radius 1 is 1.12 bits per heavy atom. The molecule has 2 heterocycles. The van der Waals surface area contributed by atoms with Crippen molar-refractivity contribution < 1.29 is 22.0 Å². The molecule has 0 radical (unpaired) electrons. The normalized spacial score (nSPS) is 15.8. The number of carbonyl (C=O) groups is 1. The van der Waals surface area contributed by atoms with E-state index >= 15 is 0 Å². The maximum atomic E-state index is 13.7. The topological polar surface area (TPSA) is 93.4 Å². The molecule has 1 aromatic heterocycles. The molecule has 1 aliphatic rings. The maximum absolute atomic E-state index is 13.7. The minimum absolute atomic E-state index is 0.00953. The zero-order chi connectivity index (χ0) is 17.9. The number of rotatable bonds is 4. The van der Waals surface area contributed by atoms with Gasteiger partial charge in [-0.3, -0.25) is 4.79 Å². The minimum Gasteiger partial charge on any atom is -0.408 e. The lowest BCUT2D eigenvalue weighted by Crippen LogP contribution is -2.36. The largest absolute Gasteiger partial charge is 0.408 e. The summed E-state index contributed by atoms with van der Waals surface area (Å²) < 4.78 is 43.6. The third-order valence-electron chi connectivity index (χ3n) is 4.05. The van der Waals surface area contributed by atoms with Crippen molar-refractivity contribution in [2.45, 2.75) is 30.9 Å². The molecule has 0 saturated carbocycles. The Bertz CT molecular complexity index is 858. The highest BCUT2D eigenvalue weighted by Gasteiger charge is 2.29. The summed E-state index contributed by atoms with van der Waals surface area (Å²) in [6, 6.07) is 5.67. The first kappa shape index (κ1) is 17.5. The van der Waals surface area contributed by atoms with Gasteiger partial charge in [-0.2, -0.15) is 0 Å². The second kappa shape index (κ2) is 7.30. The van der Waals surface area contributed by atoms with Crippen LogP contribution in [0.15, 0.2) is 33.9 Å². The van der Waals surface area contributed by atoms with E-state index in [-0.39, 0.29) is 11.5 Å². The van der Waals surface area contributed by atoms with Crippen LogP contribution in [0.25, 0.3) is 11.5 Å². The standard InChI is InChI=1S/C16H18FN3O4S/c17-13-8-4-3-7-12(13)15-18-19-16(24-15)25(22,23)11-14(21)20-9-5-1-2-6-10-20/h3-4,7-8H,1-2,5-6,9-11H2. The molecule has 2 aromatic rings. The van der Waals surface area contributed by atoms with E-state index in [9.17, 15) is 17.6 Å². The van der Waals surface area contributed by atoms with E-state index in [4.69, 9.17) is 4.42 Å². The van der Waals surface area contributed by atoms with Gasteiger partial charge in [0.05, 0.1) is 5.56 Å². The molecule has 1 amide bonds. The lowest BCUT2D eigenvalue weighted by Gasteiger charge is -2.19. The number of benzene rings is 1. The third-order valence-corrected chi connectivity index (χ3v) is 5.37. The van der Waals surface area contributed by atoms with Gasteiger partial charge in [-0.15, -0.1) is 5.10 Å². The van der Waals surface area contributed by atoms with Crippen LogP contribution in [0.3, 0.4) is 0 Å². The summed E-state index contributed by atoms with van der Waals surface area (Å²) >= 11 is 0. The minimum atomic E-state index is -4.07. The van der Waals surface area contributed by atoms with Crippen LogP contribution in [-0.4, -0.2) is 48.3 Å². The molecule has 0 aliphatic carbocycles. The number of hydrogen-bond acceptors (Lipinski definition) is 6. The number of carbonyl (C=O) groups excluding carboxylic acids is 1. The lowest BCUT2D eigenvalue weighted by atomic mass is 10.2. The Labute approximate surface area is 144 Å². The first-order chi connectivity index (χ1) is 12.0. The second-order valence-electron chi connectivity index (χ2n) is 5.91. The Morgan fingerprint density at radius 2 is 1.80 bits per heavy atom. The fraction of sp³-hybridized carbons (Fsp3) is 0.438. The molecule has 1 saturated heterocycles. The van der Waals surface area contributed by atoms with E-state index in [1.54, 1.807) is 11.0 Å². The van der Waals surface area contributed by atoms with Gasteiger partial charge < -0.3 is 9.32 Å². The van der Waals surface area contributed by atoms with Crippen LogP contribution in [0.5, 0.6) is 0 Å². The highest BCUT2D eigenvalue weighted by atomic mass is 32.2. The Kier molecular flexibility index (Phi) is 5.12. The molecule has 3 rings (SSSR count). The quantitative estimate of drug-likeness (QED) is 0.821. The fourth-order valence-electron chi connectivity index (χ4n) is 2.71. The first-order valence-electron chi connectivity index (χ1n) is 8.06. The first-order valence-corrected chi connectivity index (χ1v) is 9.71. The van der Waals surface area contributed by atoms with Crippen LogP contribution in [-0.2, 0) is 14.6 Å². The molecular formula is C16H18FN3O4S. The predicted octanol–water partition coefficient (Wildman–Crippen LogP) is 2.05. The summed E-state index contributed by atoms with van der Waals surface area (Å²) in [6.45, 7) is 1.11. The van der Waals surface area contributed by atoms with Crippen LogP contribution in [0.1, 0.15) is 25.7 Å². The number of hydrogen-bond donors (Lipinski definition) is 0. The van der Waals surface area contributed by atoms with Gasteiger partial charge in [0.2, 0.25) is 15.7 Å². The molecule has 1 aliphatic heterocycles. The number of aromatic nitrogens is 2. The highest BCUT2D eigenvalue weighted by molar-refractivity contribution is 7.91. The van der Waals surface area contributed by atoms with Gasteiger partial charge >= 0.3 is 5.22 Å². The molecule has 0 atom stereocenters. The van der Waals surface area contributed by atoms with Crippen molar-refractivity contribution in [1.29, 1.82) is 0 Å². The van der Waals surface area contributed by atoms with Crippen molar-refractivity contribution in [3.63, 3.8) is 0 Å². The molecule has 25 heavy (non-hydrogen) atoms. The van der Waals surface area contributed by atoms with Crippen LogP contribution in [0.2, 0.25) is 0 Å². The lowest BCUT2D eigenvalue weighted by molar-refractivity contribution is -0.128. The van der Waals surface area contributed by atoms with Crippen molar-refractivity contribution in [1.82, 2.24) is 15.1 Å². The summed E-state index contributed by atoms with van der Waals surface area (Å²) in [4.78, 5) is 13.8. The molecular weight excluding hydrogens is 349 g/mol. The molecule has 0 spiro atoms. The molecule has 0 bridgehead atoms. The summed E-state index contributed by atoms with van der Waals surface area (Å²) in [6.07, 6.45) is 3.80. The van der Waals surface area contributed by atoms with Gasteiger partial charge in [0, 0.05) is 13.1 Å². The summed E-state index contributed by atoms with van der Waals surface area (Å²) in [7, 11) is -4.07. The number of sulfone groups is 1. The molecule has 134 valence electrons. The second-order valence-corrected chi connectivity index (χ2v) is 7.77. The summed E-state index contributed by atoms with van der Waals surface area (Å²) in [5.41, 5.74) is 0.00953. The summed E-state index contributed by atoms with van der Waals surface area (Å²) in [5.74, 6) is -2.05. The zero-order valence-corrected chi connectivity index (χ0v) is 14.3. The Balaban J connectivity index is 1.76. The number of likely N-dealkylation sites (tertiary alicyclic amines) is 1. The average Bonchev–Trinajstić information content (AvgIpc) is 2.91. The van der Waals surface area contributed by atoms with E-state index < -0.39 is 32.5 Å². The highest BCUT2D eigenvalue weighted by Crippen LogP contribution is 2.23. The molecule has 0 unspecified atom stereocenters. The van der Waals surface area contributed by atoms with Gasteiger partial charge in [-0.05, 0) is 25.0 Å². The Morgan fingerprint density at radius 3 is 2.48 bits per heavy atom. The van der Waals surface area contributed by atoms with Crippen molar-refractivity contribution in [3.05, 3.63) is 30.1 Å². The molecule has 1 fully saturated rings. The van der Waals surface area contributed by atoms with E-state index in [1.807, 2.05) is 0 Å². The van der Waals surface area contributed by atoms with E-state index in [0.29, 0.717) is 13.1 Å². The SMILES string of the molecule is O=C(CS(=O)(=O)c1nnc(-c2ccccc2F)o1)N1CCCCCC1. The van der Waals surface area contributed by atoms with E-state index in [1.165, 1.54) is 18.2 Å². The van der Waals surface area contributed by atoms with Crippen molar-refractivity contribution in [3.8, 4) is 11.5 Å². The van der Waals surface area contributed by atoms with Crippen molar-refractivity contribution in [2.24, 2.45) is 0 Å². The van der Waals surface area contributed by atoms with Crippen LogP contribution in [0.4, 0.5) is 4.39 Å². The molecule has 0 N–H and O–H groups in total.